The second-order valence-corrected chi connectivity index (χ2v) is 3.91. The van der Waals surface area contributed by atoms with Gasteiger partial charge in [-0.05, 0) is 31.2 Å². The molecule has 0 heterocycles. The molecule has 1 aliphatic rings. The Morgan fingerprint density at radius 1 is 1.31 bits per heavy atom. The molecule has 1 aromatic rings. The minimum atomic E-state index is 0.153. The number of carbonyl (C=O) groups excluding carboxylic acids is 1. The molecule has 2 rings (SSSR count). The van der Waals surface area contributed by atoms with E-state index < -0.39 is 0 Å². The Morgan fingerprint density at radius 2 is 1.92 bits per heavy atom. The van der Waals surface area contributed by atoms with Crippen molar-refractivity contribution in [2.24, 2.45) is 5.92 Å². The number of aldehydes is 1. The van der Waals surface area contributed by atoms with Crippen molar-refractivity contribution in [1.82, 2.24) is 0 Å². The van der Waals surface area contributed by atoms with Gasteiger partial charge in [0, 0.05) is 5.92 Å². The van der Waals surface area contributed by atoms with Crippen LogP contribution in [0.3, 0.4) is 0 Å². The molecule has 0 spiro atoms. The van der Waals surface area contributed by atoms with Crippen molar-refractivity contribution < 1.29 is 4.79 Å². The van der Waals surface area contributed by atoms with Crippen molar-refractivity contribution in [2.45, 2.75) is 25.7 Å². The van der Waals surface area contributed by atoms with E-state index in [0.717, 1.165) is 6.29 Å². The number of carbonyl (C=O) groups is 1. The van der Waals surface area contributed by atoms with Gasteiger partial charge in [-0.25, -0.2) is 0 Å². The maximum Gasteiger partial charge on any atom is 0.127 e. The molecule has 1 unspecified atom stereocenters. The van der Waals surface area contributed by atoms with Crippen LogP contribution in [-0.2, 0) is 4.79 Å². The summed E-state index contributed by atoms with van der Waals surface area (Å²) < 4.78 is 0. The minimum absolute atomic E-state index is 0.153. The van der Waals surface area contributed by atoms with Crippen molar-refractivity contribution in [3.8, 4) is 0 Å². The summed E-state index contributed by atoms with van der Waals surface area (Å²) in [5.74, 6) is 0.779. The third kappa shape index (κ3) is 1.80. The van der Waals surface area contributed by atoms with Gasteiger partial charge in [0.15, 0.2) is 0 Å². The molecule has 1 nitrogen and oxygen atoms in total. The molecule has 68 valence electrons. The second kappa shape index (κ2) is 3.33. The van der Waals surface area contributed by atoms with Crippen LogP contribution < -0.4 is 0 Å². The summed E-state index contributed by atoms with van der Waals surface area (Å²) in [4.78, 5) is 10.9. The first-order chi connectivity index (χ1) is 6.31. The molecule has 0 amide bonds. The molecule has 1 saturated carbocycles. The Bertz CT molecular complexity index is 295. The fourth-order valence-corrected chi connectivity index (χ4v) is 1.71. The van der Waals surface area contributed by atoms with Gasteiger partial charge >= 0.3 is 0 Å². The van der Waals surface area contributed by atoms with E-state index in [-0.39, 0.29) is 5.92 Å². The summed E-state index contributed by atoms with van der Waals surface area (Å²) in [6.45, 7) is 2.07. The van der Waals surface area contributed by atoms with E-state index in [4.69, 9.17) is 0 Å². The van der Waals surface area contributed by atoms with E-state index in [1.807, 2.05) is 0 Å². The zero-order valence-corrected chi connectivity index (χ0v) is 7.86. The third-order valence-corrected chi connectivity index (χ3v) is 2.74. The summed E-state index contributed by atoms with van der Waals surface area (Å²) in [6.07, 6.45) is 3.54. The average Bonchev–Trinajstić information content (AvgIpc) is 2.93. The first-order valence-corrected chi connectivity index (χ1v) is 4.83. The Labute approximate surface area is 78.8 Å². The summed E-state index contributed by atoms with van der Waals surface area (Å²) in [7, 11) is 0. The van der Waals surface area contributed by atoms with Crippen LogP contribution in [-0.4, -0.2) is 6.29 Å². The second-order valence-electron chi connectivity index (χ2n) is 3.91. The van der Waals surface area contributed by atoms with Crippen molar-refractivity contribution >= 4 is 6.29 Å². The van der Waals surface area contributed by atoms with Gasteiger partial charge in [-0.1, -0.05) is 29.8 Å². The molecule has 0 bridgehead atoms. The van der Waals surface area contributed by atoms with E-state index in [0.29, 0.717) is 5.92 Å². The van der Waals surface area contributed by atoms with Gasteiger partial charge in [0.1, 0.15) is 6.29 Å². The van der Waals surface area contributed by atoms with Crippen LogP contribution in [0.2, 0.25) is 0 Å². The monoisotopic (exact) mass is 174 g/mol. The topological polar surface area (TPSA) is 17.1 Å². The van der Waals surface area contributed by atoms with Crippen molar-refractivity contribution in [3.05, 3.63) is 35.4 Å². The summed E-state index contributed by atoms with van der Waals surface area (Å²) >= 11 is 0. The van der Waals surface area contributed by atoms with Gasteiger partial charge in [-0.3, -0.25) is 0 Å². The predicted octanol–water partition coefficient (Wildman–Crippen LogP) is 2.69. The van der Waals surface area contributed by atoms with Crippen LogP contribution in [0.15, 0.2) is 24.3 Å². The van der Waals surface area contributed by atoms with Crippen molar-refractivity contribution in [3.63, 3.8) is 0 Å². The molecule has 13 heavy (non-hydrogen) atoms. The molecule has 1 aromatic carbocycles. The summed E-state index contributed by atoms with van der Waals surface area (Å²) in [6, 6.07) is 8.31. The van der Waals surface area contributed by atoms with Gasteiger partial charge in [-0.2, -0.15) is 0 Å². The Balaban J connectivity index is 2.21. The molecule has 0 radical (unpaired) electrons. The fraction of sp³-hybridized carbons (Fsp3) is 0.417. The van der Waals surface area contributed by atoms with Crippen LogP contribution in [0.1, 0.15) is 29.9 Å². The zero-order chi connectivity index (χ0) is 9.26. The summed E-state index contributed by atoms with van der Waals surface area (Å²) in [5.41, 5.74) is 2.44. The lowest BCUT2D eigenvalue weighted by Gasteiger charge is -2.08. The van der Waals surface area contributed by atoms with E-state index in [2.05, 4.69) is 31.2 Å². The van der Waals surface area contributed by atoms with Crippen LogP contribution >= 0.6 is 0 Å². The Kier molecular flexibility index (Phi) is 2.17. The van der Waals surface area contributed by atoms with Gasteiger partial charge < -0.3 is 4.79 Å². The number of rotatable bonds is 3. The number of benzene rings is 1. The quantitative estimate of drug-likeness (QED) is 0.644. The smallest absolute Gasteiger partial charge is 0.127 e. The van der Waals surface area contributed by atoms with E-state index in [1.165, 1.54) is 24.0 Å². The van der Waals surface area contributed by atoms with Crippen molar-refractivity contribution in [1.29, 1.82) is 0 Å². The highest BCUT2D eigenvalue weighted by Crippen LogP contribution is 2.41. The molecule has 0 saturated heterocycles. The summed E-state index contributed by atoms with van der Waals surface area (Å²) in [5, 5.41) is 0. The molecule has 1 aliphatic carbocycles. The first-order valence-electron chi connectivity index (χ1n) is 4.83. The van der Waals surface area contributed by atoms with Gasteiger partial charge in [0.25, 0.3) is 0 Å². The lowest BCUT2D eigenvalue weighted by Crippen LogP contribution is -2.02. The number of hydrogen-bond donors (Lipinski definition) is 0. The maximum absolute atomic E-state index is 10.9. The van der Waals surface area contributed by atoms with E-state index >= 15 is 0 Å². The molecule has 1 fully saturated rings. The standard InChI is InChI=1S/C12H14O/c1-9-2-4-10(5-3-9)12(8-13)11-6-7-11/h2-5,8,11-12H,6-7H2,1H3. The zero-order valence-electron chi connectivity index (χ0n) is 7.86. The van der Waals surface area contributed by atoms with Gasteiger partial charge in [0.2, 0.25) is 0 Å². The van der Waals surface area contributed by atoms with Crippen LogP contribution in [0.25, 0.3) is 0 Å². The number of aryl methyl sites for hydroxylation is 1. The van der Waals surface area contributed by atoms with Crippen LogP contribution in [0.5, 0.6) is 0 Å². The molecule has 0 N–H and O–H groups in total. The van der Waals surface area contributed by atoms with Crippen LogP contribution in [0.4, 0.5) is 0 Å². The fourth-order valence-electron chi connectivity index (χ4n) is 1.71. The minimum Gasteiger partial charge on any atom is -0.303 e. The number of hydrogen-bond acceptors (Lipinski definition) is 1. The lowest BCUT2D eigenvalue weighted by atomic mass is 9.95. The lowest BCUT2D eigenvalue weighted by molar-refractivity contribution is -0.109. The Morgan fingerprint density at radius 3 is 2.38 bits per heavy atom. The highest BCUT2D eigenvalue weighted by Gasteiger charge is 2.31. The Hall–Kier alpha value is -1.11. The molecule has 0 aliphatic heterocycles. The molecule has 0 aromatic heterocycles. The normalized spacial score (nSPS) is 18.2. The van der Waals surface area contributed by atoms with Gasteiger partial charge in [0.05, 0.1) is 0 Å². The predicted molar refractivity (Wildman–Crippen MR) is 52.7 cm³/mol. The molecular formula is C12H14O. The largest absolute Gasteiger partial charge is 0.303 e. The van der Waals surface area contributed by atoms with E-state index in [9.17, 15) is 4.79 Å². The SMILES string of the molecule is Cc1ccc(C(C=O)C2CC2)cc1. The first kappa shape index (κ1) is 8.49. The maximum atomic E-state index is 10.9. The average molecular weight is 174 g/mol. The highest BCUT2D eigenvalue weighted by molar-refractivity contribution is 5.63. The van der Waals surface area contributed by atoms with Crippen LogP contribution in [0, 0.1) is 12.8 Å². The third-order valence-electron chi connectivity index (χ3n) is 2.74. The van der Waals surface area contributed by atoms with E-state index in [1.54, 1.807) is 0 Å². The van der Waals surface area contributed by atoms with Crippen molar-refractivity contribution in [2.75, 3.05) is 0 Å². The molecular weight excluding hydrogens is 160 g/mol. The molecule has 1 heteroatoms. The highest BCUT2D eigenvalue weighted by atomic mass is 16.1. The molecule has 1 atom stereocenters. The van der Waals surface area contributed by atoms with Gasteiger partial charge in [-0.15, -0.1) is 0 Å².